The first-order valence-electron chi connectivity index (χ1n) is 5.05. The summed E-state index contributed by atoms with van der Waals surface area (Å²) in [4.78, 5) is 0. The molecule has 0 unspecified atom stereocenters. The summed E-state index contributed by atoms with van der Waals surface area (Å²) in [7, 11) is 0. The number of rotatable bonds is 3. The van der Waals surface area contributed by atoms with Crippen LogP contribution < -0.4 is 0 Å². The molecule has 15 heavy (non-hydrogen) atoms. The molecule has 3 radical (unpaired) electrons. The Hall–Kier alpha value is -0.321. The number of allylic oxidation sites excluding steroid dienone is 1. The fourth-order valence-corrected chi connectivity index (χ4v) is 2.01. The van der Waals surface area contributed by atoms with Crippen molar-refractivity contribution in [1.29, 1.82) is 0 Å². The first-order valence-corrected chi connectivity index (χ1v) is 6.70. The molecule has 0 aromatic heterocycles. The van der Waals surface area contributed by atoms with Gasteiger partial charge in [-0.2, -0.15) is 0 Å². The van der Waals surface area contributed by atoms with Crippen molar-refractivity contribution in [2.75, 3.05) is 13.2 Å². The molecule has 1 aliphatic heterocycles. The molecule has 0 spiro atoms. The predicted octanol–water partition coefficient (Wildman–Crippen LogP) is 1.96. The molecule has 0 amide bonds. The molecule has 0 bridgehead atoms. The van der Waals surface area contributed by atoms with E-state index in [9.17, 15) is 0 Å². The molecule has 1 aliphatic rings. The molecule has 2 rings (SSSR count). The molecule has 1 aromatic carbocycles. The maximum absolute atomic E-state index is 5.52. The normalized spacial score (nSPS) is 17.7. The summed E-state index contributed by atoms with van der Waals surface area (Å²) in [6.45, 7) is 1.40. The topological polar surface area (TPSA) is 18.5 Å². The van der Waals surface area contributed by atoms with E-state index in [-0.39, 0.29) is 6.29 Å². The van der Waals surface area contributed by atoms with Gasteiger partial charge in [-0.05, 0) is 0 Å². The average molecular weight is 308 g/mol. The van der Waals surface area contributed by atoms with Gasteiger partial charge < -0.3 is 0 Å². The van der Waals surface area contributed by atoms with Crippen molar-refractivity contribution in [2.45, 2.75) is 12.7 Å². The van der Waals surface area contributed by atoms with Gasteiger partial charge in [0.25, 0.3) is 0 Å². The van der Waals surface area contributed by atoms with Gasteiger partial charge in [-0.1, -0.05) is 0 Å². The molecule has 0 N–H and O–H groups in total. The minimum absolute atomic E-state index is 0.153. The summed E-state index contributed by atoms with van der Waals surface area (Å²) in [5.41, 5.74) is 2.46. The van der Waals surface area contributed by atoms with Crippen molar-refractivity contribution in [3.05, 3.63) is 45.6 Å². The second-order valence-corrected chi connectivity index (χ2v) is 4.33. The van der Waals surface area contributed by atoms with Crippen molar-refractivity contribution >= 4 is 22.5 Å². The SMILES string of the molecule is [Sn]/[CH]=C/Cc1ccccc1C1OCCO1. The standard InChI is InChI=1S/C12H13O2.Sn/c1-2-5-10-6-3-4-7-11(10)12-13-8-9-14-12;/h1-4,6-7,12H,5,8-9H2;. The summed E-state index contributed by atoms with van der Waals surface area (Å²) in [5.74, 6) is 0. The summed E-state index contributed by atoms with van der Waals surface area (Å²) in [5, 5.41) is 0. The van der Waals surface area contributed by atoms with Crippen LogP contribution in [0.5, 0.6) is 0 Å². The van der Waals surface area contributed by atoms with Crippen LogP contribution >= 0.6 is 0 Å². The van der Waals surface area contributed by atoms with Gasteiger partial charge >= 0.3 is 103 Å². The Bertz CT molecular complexity index is 343. The third-order valence-corrected chi connectivity index (χ3v) is 3.06. The van der Waals surface area contributed by atoms with Gasteiger partial charge in [-0.25, -0.2) is 0 Å². The number of hydrogen-bond acceptors (Lipinski definition) is 2. The predicted molar refractivity (Wildman–Crippen MR) is 59.7 cm³/mol. The Morgan fingerprint density at radius 1 is 1.27 bits per heavy atom. The monoisotopic (exact) mass is 309 g/mol. The molecule has 1 heterocycles. The van der Waals surface area contributed by atoms with Crippen molar-refractivity contribution in [1.82, 2.24) is 0 Å². The zero-order chi connectivity index (χ0) is 10.5. The van der Waals surface area contributed by atoms with Crippen molar-refractivity contribution in [3.63, 3.8) is 0 Å². The number of hydrogen-bond donors (Lipinski definition) is 0. The van der Waals surface area contributed by atoms with E-state index in [0.29, 0.717) is 13.2 Å². The van der Waals surface area contributed by atoms with Crippen LogP contribution in [0.1, 0.15) is 17.4 Å². The quantitative estimate of drug-likeness (QED) is 0.795. The summed E-state index contributed by atoms with van der Waals surface area (Å²) in [6, 6.07) is 8.31. The van der Waals surface area contributed by atoms with Gasteiger partial charge in [0.1, 0.15) is 0 Å². The molecule has 1 saturated heterocycles. The molecule has 0 saturated carbocycles. The van der Waals surface area contributed by atoms with Crippen LogP contribution in [0.25, 0.3) is 0 Å². The fourth-order valence-electron chi connectivity index (χ4n) is 1.67. The second-order valence-electron chi connectivity index (χ2n) is 3.38. The number of benzene rings is 1. The first kappa shape index (κ1) is 11.2. The van der Waals surface area contributed by atoms with Crippen molar-refractivity contribution in [3.8, 4) is 0 Å². The van der Waals surface area contributed by atoms with E-state index in [1.807, 2.05) is 6.07 Å². The number of ether oxygens (including phenoxy) is 2. The van der Waals surface area contributed by atoms with Gasteiger partial charge in [0.2, 0.25) is 0 Å². The van der Waals surface area contributed by atoms with Crippen molar-refractivity contribution in [2.24, 2.45) is 0 Å². The molecule has 2 nitrogen and oxygen atoms in total. The Morgan fingerprint density at radius 3 is 2.73 bits per heavy atom. The van der Waals surface area contributed by atoms with E-state index >= 15 is 0 Å². The average Bonchev–Trinajstić information content (AvgIpc) is 2.80. The Kier molecular flexibility index (Phi) is 4.23. The van der Waals surface area contributed by atoms with E-state index < -0.39 is 0 Å². The molecule has 0 aliphatic carbocycles. The maximum atomic E-state index is 5.52. The Balaban J connectivity index is 2.20. The van der Waals surface area contributed by atoms with Gasteiger partial charge in [-0.15, -0.1) is 0 Å². The van der Waals surface area contributed by atoms with E-state index in [1.54, 1.807) is 0 Å². The Morgan fingerprint density at radius 2 is 2.00 bits per heavy atom. The third-order valence-electron chi connectivity index (χ3n) is 2.39. The van der Waals surface area contributed by atoms with Gasteiger partial charge in [0, 0.05) is 0 Å². The van der Waals surface area contributed by atoms with E-state index in [4.69, 9.17) is 9.47 Å². The van der Waals surface area contributed by atoms with Gasteiger partial charge in [-0.3, -0.25) is 0 Å². The summed E-state index contributed by atoms with van der Waals surface area (Å²) in [6.07, 6.45) is 3.00. The van der Waals surface area contributed by atoms with Crippen LogP contribution in [0.4, 0.5) is 0 Å². The third kappa shape index (κ3) is 2.83. The minimum atomic E-state index is -0.153. The van der Waals surface area contributed by atoms with Gasteiger partial charge in [0.05, 0.1) is 0 Å². The molecule has 1 fully saturated rings. The van der Waals surface area contributed by atoms with Crippen LogP contribution in [0.15, 0.2) is 34.4 Å². The van der Waals surface area contributed by atoms with Crippen LogP contribution in [0, 0.1) is 0 Å². The van der Waals surface area contributed by atoms with Crippen LogP contribution in [-0.2, 0) is 15.9 Å². The molecule has 0 atom stereocenters. The molecular formula is C12H13O2Sn. The molecule has 77 valence electrons. The fraction of sp³-hybridized carbons (Fsp3) is 0.333. The molecule has 1 aromatic rings. The molecular weight excluding hydrogens is 295 g/mol. The zero-order valence-electron chi connectivity index (χ0n) is 8.48. The second kappa shape index (κ2) is 5.68. The van der Waals surface area contributed by atoms with E-state index in [0.717, 1.165) is 6.42 Å². The zero-order valence-corrected chi connectivity index (χ0v) is 11.3. The van der Waals surface area contributed by atoms with Crippen LogP contribution in [-0.4, -0.2) is 35.7 Å². The van der Waals surface area contributed by atoms with E-state index in [2.05, 4.69) is 28.4 Å². The summed E-state index contributed by atoms with van der Waals surface area (Å²) < 4.78 is 13.2. The van der Waals surface area contributed by atoms with Crippen LogP contribution in [0.3, 0.4) is 0 Å². The van der Waals surface area contributed by atoms with Crippen LogP contribution in [0.2, 0.25) is 0 Å². The van der Waals surface area contributed by atoms with Gasteiger partial charge in [0.15, 0.2) is 0 Å². The molecule has 3 heteroatoms. The van der Waals surface area contributed by atoms with E-state index in [1.165, 1.54) is 33.7 Å². The Labute approximate surface area is 103 Å². The summed E-state index contributed by atoms with van der Waals surface area (Å²) >= 11 is 1.44. The first-order chi connectivity index (χ1) is 7.42. The van der Waals surface area contributed by atoms with Crippen molar-refractivity contribution < 1.29 is 9.47 Å².